The lowest BCUT2D eigenvalue weighted by atomic mass is 10.2. The van der Waals surface area contributed by atoms with Crippen molar-refractivity contribution in [1.29, 1.82) is 0 Å². The lowest BCUT2D eigenvalue weighted by molar-refractivity contribution is -0.121. The molecule has 6 heteroatoms. The summed E-state index contributed by atoms with van der Waals surface area (Å²) in [7, 11) is 0. The number of hydrogen-bond donors (Lipinski definition) is 2. The van der Waals surface area contributed by atoms with Crippen LogP contribution in [0, 0.1) is 0 Å². The van der Waals surface area contributed by atoms with Gasteiger partial charge in [0.25, 0.3) is 5.91 Å². The Morgan fingerprint density at radius 3 is 2.67 bits per heavy atom. The molecule has 0 bridgehead atoms. The molecule has 1 heterocycles. The minimum atomic E-state index is -0.172. The van der Waals surface area contributed by atoms with Crippen molar-refractivity contribution >= 4 is 27.7 Å². The van der Waals surface area contributed by atoms with Gasteiger partial charge in [-0.15, -0.1) is 0 Å². The van der Waals surface area contributed by atoms with Gasteiger partial charge < -0.3 is 15.4 Å². The molecule has 0 radical (unpaired) electrons. The molecule has 0 unspecified atom stereocenters. The van der Waals surface area contributed by atoms with Crippen molar-refractivity contribution in [2.75, 3.05) is 19.7 Å². The third kappa shape index (κ3) is 5.47. The summed E-state index contributed by atoms with van der Waals surface area (Å²) in [4.78, 5) is 23.5. The van der Waals surface area contributed by atoms with Crippen molar-refractivity contribution in [3.8, 4) is 0 Å². The first-order valence-electron chi connectivity index (χ1n) is 7.07. The molecule has 1 aliphatic heterocycles. The molecule has 2 N–H and O–H groups in total. The highest BCUT2D eigenvalue weighted by Gasteiger charge is 2.16. The Balaban J connectivity index is 1.62. The number of benzene rings is 1. The van der Waals surface area contributed by atoms with E-state index in [9.17, 15) is 9.59 Å². The van der Waals surface area contributed by atoms with Gasteiger partial charge in [-0.2, -0.15) is 0 Å². The van der Waals surface area contributed by atoms with Gasteiger partial charge in [0.05, 0.1) is 6.10 Å². The number of amides is 2. The molecule has 0 saturated carbocycles. The van der Waals surface area contributed by atoms with Crippen LogP contribution in [0.4, 0.5) is 0 Å². The minimum Gasteiger partial charge on any atom is -0.376 e. The molecule has 21 heavy (non-hydrogen) atoms. The summed E-state index contributed by atoms with van der Waals surface area (Å²) >= 11 is 3.32. The van der Waals surface area contributed by atoms with E-state index in [1.54, 1.807) is 12.1 Å². The van der Waals surface area contributed by atoms with Gasteiger partial charge in [0, 0.05) is 36.2 Å². The van der Waals surface area contributed by atoms with Crippen LogP contribution in [0.5, 0.6) is 0 Å². The van der Waals surface area contributed by atoms with Crippen LogP contribution in [-0.4, -0.2) is 37.6 Å². The summed E-state index contributed by atoms with van der Waals surface area (Å²) in [5, 5.41) is 5.56. The summed E-state index contributed by atoms with van der Waals surface area (Å²) in [6, 6.07) is 7.08. The lowest BCUT2D eigenvalue weighted by Gasteiger charge is -2.11. The van der Waals surface area contributed by atoms with Crippen LogP contribution in [0.2, 0.25) is 0 Å². The third-order valence-corrected chi connectivity index (χ3v) is 3.82. The van der Waals surface area contributed by atoms with Crippen LogP contribution >= 0.6 is 15.9 Å². The van der Waals surface area contributed by atoms with Gasteiger partial charge in [0.15, 0.2) is 0 Å². The van der Waals surface area contributed by atoms with Crippen molar-refractivity contribution in [3.63, 3.8) is 0 Å². The van der Waals surface area contributed by atoms with Gasteiger partial charge in [-0.25, -0.2) is 0 Å². The largest absolute Gasteiger partial charge is 0.376 e. The SMILES string of the molecule is O=C(CCNC(=O)c1ccc(Br)cc1)NC[C@@H]1CCCO1. The lowest BCUT2D eigenvalue weighted by Crippen LogP contribution is -2.34. The van der Waals surface area contributed by atoms with E-state index in [1.165, 1.54) is 0 Å². The Morgan fingerprint density at radius 2 is 2.00 bits per heavy atom. The highest BCUT2D eigenvalue weighted by Crippen LogP contribution is 2.11. The number of rotatable bonds is 6. The first kappa shape index (κ1) is 16.0. The number of ether oxygens (including phenoxy) is 1. The molecule has 1 aromatic rings. The smallest absolute Gasteiger partial charge is 0.251 e. The monoisotopic (exact) mass is 354 g/mol. The average molecular weight is 355 g/mol. The third-order valence-electron chi connectivity index (χ3n) is 3.29. The molecule has 0 aromatic heterocycles. The maximum Gasteiger partial charge on any atom is 0.251 e. The Hall–Kier alpha value is -1.40. The first-order chi connectivity index (χ1) is 10.1. The zero-order valence-electron chi connectivity index (χ0n) is 11.7. The van der Waals surface area contributed by atoms with Gasteiger partial charge in [-0.1, -0.05) is 15.9 Å². The quantitative estimate of drug-likeness (QED) is 0.819. The van der Waals surface area contributed by atoms with E-state index in [0.29, 0.717) is 18.7 Å². The molecular formula is C15H19BrN2O3. The highest BCUT2D eigenvalue weighted by molar-refractivity contribution is 9.10. The molecule has 1 aliphatic rings. The number of hydrogen-bond acceptors (Lipinski definition) is 3. The van der Waals surface area contributed by atoms with E-state index in [1.807, 2.05) is 12.1 Å². The van der Waals surface area contributed by atoms with Crippen molar-refractivity contribution in [3.05, 3.63) is 34.3 Å². The molecule has 2 rings (SSSR count). The van der Waals surface area contributed by atoms with Crippen LogP contribution < -0.4 is 10.6 Å². The summed E-state index contributed by atoms with van der Waals surface area (Å²) in [6.45, 7) is 1.66. The van der Waals surface area contributed by atoms with E-state index in [-0.39, 0.29) is 24.3 Å². The molecule has 2 amide bonds. The number of nitrogens with one attached hydrogen (secondary N) is 2. The molecule has 1 atom stereocenters. The first-order valence-corrected chi connectivity index (χ1v) is 7.86. The maximum absolute atomic E-state index is 11.8. The zero-order chi connectivity index (χ0) is 15.1. The van der Waals surface area contributed by atoms with E-state index in [4.69, 9.17) is 4.74 Å². The minimum absolute atomic E-state index is 0.0680. The van der Waals surface area contributed by atoms with Gasteiger partial charge in [0.1, 0.15) is 0 Å². The Bertz CT molecular complexity index is 484. The molecule has 0 spiro atoms. The second-order valence-corrected chi connectivity index (χ2v) is 5.87. The Labute approximate surface area is 132 Å². The summed E-state index contributed by atoms with van der Waals surface area (Å²) in [5.74, 6) is -0.240. The summed E-state index contributed by atoms with van der Waals surface area (Å²) in [6.07, 6.45) is 2.48. The molecular weight excluding hydrogens is 336 g/mol. The Kier molecular flexibility index (Phi) is 6.20. The second kappa shape index (κ2) is 8.14. The van der Waals surface area contributed by atoms with Crippen molar-refractivity contribution in [2.45, 2.75) is 25.4 Å². The summed E-state index contributed by atoms with van der Waals surface area (Å²) < 4.78 is 6.35. The van der Waals surface area contributed by atoms with Crippen LogP contribution in [-0.2, 0) is 9.53 Å². The molecule has 114 valence electrons. The second-order valence-electron chi connectivity index (χ2n) is 4.95. The number of carbonyl (C=O) groups is 2. The van der Waals surface area contributed by atoms with Crippen LogP contribution in [0.15, 0.2) is 28.7 Å². The highest BCUT2D eigenvalue weighted by atomic mass is 79.9. The summed E-state index contributed by atoms with van der Waals surface area (Å²) in [5.41, 5.74) is 0.581. The number of carbonyl (C=O) groups excluding carboxylic acids is 2. The van der Waals surface area contributed by atoms with Crippen LogP contribution in [0.1, 0.15) is 29.6 Å². The van der Waals surface area contributed by atoms with Crippen LogP contribution in [0.25, 0.3) is 0 Å². The standard InChI is InChI=1S/C15H19BrN2O3/c16-12-5-3-11(4-6-12)15(20)17-8-7-14(19)18-10-13-2-1-9-21-13/h3-6,13H,1-2,7-10H2,(H,17,20)(H,18,19)/t13-/m0/s1. The molecule has 5 nitrogen and oxygen atoms in total. The van der Waals surface area contributed by atoms with E-state index < -0.39 is 0 Å². The molecule has 1 aromatic carbocycles. The van der Waals surface area contributed by atoms with Crippen LogP contribution in [0.3, 0.4) is 0 Å². The fraction of sp³-hybridized carbons (Fsp3) is 0.467. The van der Waals surface area contributed by atoms with E-state index >= 15 is 0 Å². The predicted molar refractivity (Wildman–Crippen MR) is 83.1 cm³/mol. The number of halogens is 1. The van der Waals surface area contributed by atoms with Crippen molar-refractivity contribution in [1.82, 2.24) is 10.6 Å². The van der Waals surface area contributed by atoms with Gasteiger partial charge in [0.2, 0.25) is 5.91 Å². The Morgan fingerprint density at radius 1 is 1.24 bits per heavy atom. The zero-order valence-corrected chi connectivity index (χ0v) is 13.3. The fourth-order valence-corrected chi connectivity index (χ4v) is 2.38. The van der Waals surface area contributed by atoms with Crippen molar-refractivity contribution in [2.24, 2.45) is 0 Å². The molecule has 0 aliphatic carbocycles. The van der Waals surface area contributed by atoms with Gasteiger partial charge in [-0.3, -0.25) is 9.59 Å². The predicted octanol–water partition coefficient (Wildman–Crippen LogP) is 1.86. The van der Waals surface area contributed by atoms with Gasteiger partial charge in [-0.05, 0) is 37.1 Å². The molecule has 1 saturated heterocycles. The fourth-order valence-electron chi connectivity index (χ4n) is 2.11. The van der Waals surface area contributed by atoms with E-state index in [0.717, 1.165) is 23.9 Å². The average Bonchev–Trinajstić information content (AvgIpc) is 2.99. The maximum atomic E-state index is 11.8. The normalized spacial score (nSPS) is 17.5. The van der Waals surface area contributed by atoms with Gasteiger partial charge >= 0.3 is 0 Å². The van der Waals surface area contributed by atoms with E-state index in [2.05, 4.69) is 26.6 Å². The topological polar surface area (TPSA) is 67.4 Å². The van der Waals surface area contributed by atoms with Crippen molar-refractivity contribution < 1.29 is 14.3 Å². The molecule has 1 fully saturated rings.